The van der Waals surface area contributed by atoms with Crippen molar-refractivity contribution < 1.29 is 0 Å². The van der Waals surface area contributed by atoms with E-state index in [9.17, 15) is 5.26 Å². The van der Waals surface area contributed by atoms with Gasteiger partial charge in [0.05, 0.1) is 0 Å². The summed E-state index contributed by atoms with van der Waals surface area (Å²) >= 11 is -0.589. The molecule has 0 saturated carbocycles. The van der Waals surface area contributed by atoms with Gasteiger partial charge in [-0.05, 0) is 0 Å². The number of piperazine rings is 1. The summed E-state index contributed by atoms with van der Waals surface area (Å²) in [6, 6.07) is 17.2. The predicted octanol–water partition coefficient (Wildman–Crippen LogP) is 9.08. The number of hydrogen-bond donors (Lipinski definition) is 0. The predicted molar refractivity (Wildman–Crippen MR) is 172 cm³/mol. The monoisotopic (exact) mass is 649 g/mol. The summed E-state index contributed by atoms with van der Waals surface area (Å²) in [5, 5.41) is 9.50. The minimum atomic E-state index is -2.41. The van der Waals surface area contributed by atoms with Crippen molar-refractivity contribution in [2.24, 2.45) is 0 Å². The van der Waals surface area contributed by atoms with E-state index in [-0.39, 0.29) is 0 Å². The van der Waals surface area contributed by atoms with Crippen molar-refractivity contribution in [3.8, 4) is 6.07 Å². The third-order valence-electron chi connectivity index (χ3n) is 8.72. The number of nitrogens with zero attached hydrogens (tertiary/aromatic N) is 3. The van der Waals surface area contributed by atoms with E-state index in [1.807, 2.05) is 23.9 Å². The van der Waals surface area contributed by atoms with Crippen molar-refractivity contribution in [2.45, 2.75) is 82.4 Å². The molecule has 3 nitrogen and oxygen atoms in total. The van der Waals surface area contributed by atoms with E-state index in [0.717, 1.165) is 43.9 Å². The average molecular weight is 649 g/mol. The summed E-state index contributed by atoms with van der Waals surface area (Å²) in [5.41, 5.74) is 4.49. The Morgan fingerprint density at radius 1 is 0.897 bits per heavy atom. The summed E-state index contributed by atoms with van der Waals surface area (Å²) in [5.74, 6) is 0. The molecule has 0 atom stereocenters. The van der Waals surface area contributed by atoms with E-state index in [1.54, 1.807) is 3.59 Å². The van der Waals surface area contributed by atoms with Crippen molar-refractivity contribution in [1.29, 1.82) is 5.26 Å². The number of nitriles is 1. The van der Waals surface area contributed by atoms with E-state index >= 15 is 0 Å². The van der Waals surface area contributed by atoms with Crippen LogP contribution in [0.25, 0.3) is 11.8 Å². The Kier molecular flexibility index (Phi) is 11.5. The Bertz CT molecular complexity index is 1170. The molecule has 1 fully saturated rings. The maximum absolute atomic E-state index is 9.50. The van der Waals surface area contributed by atoms with Gasteiger partial charge in [0, 0.05) is 0 Å². The van der Waals surface area contributed by atoms with Gasteiger partial charge in [-0.15, -0.1) is 0 Å². The van der Waals surface area contributed by atoms with E-state index < -0.39 is 18.4 Å². The van der Waals surface area contributed by atoms with Gasteiger partial charge in [-0.1, -0.05) is 0 Å². The molecular formula is C34H47N3SSn. The molecule has 0 N–H and O–H groups in total. The molecule has 0 spiro atoms. The number of hydrogen-bond acceptors (Lipinski definition) is 4. The van der Waals surface area contributed by atoms with Crippen LogP contribution in [-0.4, -0.2) is 60.9 Å². The van der Waals surface area contributed by atoms with Crippen LogP contribution in [0.3, 0.4) is 0 Å². The zero-order valence-electron chi connectivity index (χ0n) is 24.5. The van der Waals surface area contributed by atoms with Crippen molar-refractivity contribution in [3.05, 3.63) is 69.3 Å². The average Bonchev–Trinajstić information content (AvgIpc) is 3.13. The molecule has 0 aliphatic carbocycles. The van der Waals surface area contributed by atoms with Gasteiger partial charge in [0.1, 0.15) is 0 Å². The number of rotatable bonds is 13. The quantitative estimate of drug-likeness (QED) is 0.203. The summed E-state index contributed by atoms with van der Waals surface area (Å²) < 4.78 is 6.22. The molecule has 2 aliphatic rings. The van der Waals surface area contributed by atoms with Gasteiger partial charge in [-0.25, -0.2) is 0 Å². The SMILES string of the molecule is C=[C](CN1CCN(C2=Cc3cc(C#N)ccc3Sc3ccccc32)CC1)[Sn]([CH2]CCC)([CH2]CCC)[CH2]CCC. The zero-order valence-corrected chi connectivity index (χ0v) is 28.1. The van der Waals surface area contributed by atoms with E-state index in [1.165, 1.54) is 72.9 Å². The summed E-state index contributed by atoms with van der Waals surface area (Å²) in [4.78, 5) is 7.80. The molecule has 208 valence electrons. The van der Waals surface area contributed by atoms with Crippen LogP contribution in [0, 0.1) is 11.3 Å². The molecule has 2 aliphatic heterocycles. The Labute approximate surface area is 246 Å². The fraction of sp³-hybridized carbons (Fsp3) is 0.500. The molecule has 0 radical (unpaired) electrons. The fourth-order valence-corrected chi connectivity index (χ4v) is 22.9. The fourth-order valence-electron chi connectivity index (χ4n) is 6.23. The topological polar surface area (TPSA) is 30.3 Å². The molecule has 5 heteroatoms. The van der Waals surface area contributed by atoms with Crippen molar-refractivity contribution in [2.75, 3.05) is 32.7 Å². The van der Waals surface area contributed by atoms with Crippen molar-refractivity contribution in [3.63, 3.8) is 0 Å². The Hall–Kier alpha value is -1.68. The molecule has 4 rings (SSSR count). The standard InChI is InChI=1S/C22H20N3S.3C4H9.Sn/c1-2-9-24-10-12-25(13-11-24)20-15-18-14-17(16-23)7-8-21(18)26-22-6-4-3-5-19(20)22;3*1-3-4-2;/h3-8,14-15H,1,9-13H2;3*1,3-4H2,2H3;. The first-order chi connectivity index (χ1) is 19.0. The second kappa shape index (κ2) is 14.8. The maximum atomic E-state index is 9.50. The molecule has 2 aromatic carbocycles. The number of fused-ring (bicyclic) bond motifs is 2. The van der Waals surface area contributed by atoms with Crippen LogP contribution < -0.4 is 0 Å². The van der Waals surface area contributed by atoms with Gasteiger partial charge in [0.15, 0.2) is 0 Å². The van der Waals surface area contributed by atoms with Crippen LogP contribution in [0.1, 0.15) is 76.0 Å². The summed E-state index contributed by atoms with van der Waals surface area (Å²) in [6.45, 7) is 17.3. The first-order valence-corrected chi connectivity index (χ1v) is 23.5. The summed E-state index contributed by atoms with van der Waals surface area (Å²) in [7, 11) is 0. The Balaban J connectivity index is 1.50. The third-order valence-corrected chi connectivity index (χ3v) is 25.8. The van der Waals surface area contributed by atoms with Gasteiger partial charge in [-0.2, -0.15) is 5.26 Å². The molecule has 0 bridgehead atoms. The normalized spacial score (nSPS) is 15.6. The summed E-state index contributed by atoms with van der Waals surface area (Å²) in [6.07, 6.45) is 10.5. The van der Waals surface area contributed by atoms with E-state index in [2.05, 4.69) is 73.0 Å². The minimum absolute atomic E-state index is 0.725. The van der Waals surface area contributed by atoms with Crippen LogP contribution in [0.5, 0.6) is 0 Å². The van der Waals surface area contributed by atoms with Gasteiger partial charge >= 0.3 is 242 Å². The molecule has 2 heterocycles. The Morgan fingerprint density at radius 3 is 2.15 bits per heavy atom. The second-order valence-electron chi connectivity index (χ2n) is 11.4. The number of unbranched alkanes of at least 4 members (excludes halogenated alkanes) is 3. The van der Waals surface area contributed by atoms with Crippen LogP contribution in [0.15, 0.2) is 62.4 Å². The third kappa shape index (κ3) is 7.54. The van der Waals surface area contributed by atoms with Crippen LogP contribution in [0.2, 0.25) is 13.3 Å². The molecule has 39 heavy (non-hydrogen) atoms. The zero-order chi connectivity index (χ0) is 27.7. The second-order valence-corrected chi connectivity index (χ2v) is 26.1. The van der Waals surface area contributed by atoms with Gasteiger partial charge in [0.2, 0.25) is 0 Å². The van der Waals surface area contributed by atoms with Gasteiger partial charge in [-0.3, -0.25) is 0 Å². The van der Waals surface area contributed by atoms with E-state index in [4.69, 9.17) is 6.58 Å². The first-order valence-electron chi connectivity index (χ1n) is 15.2. The molecule has 0 amide bonds. The Morgan fingerprint density at radius 2 is 1.54 bits per heavy atom. The molecular weight excluding hydrogens is 601 g/mol. The van der Waals surface area contributed by atoms with Crippen LogP contribution in [0.4, 0.5) is 0 Å². The van der Waals surface area contributed by atoms with Crippen molar-refractivity contribution >= 4 is 41.9 Å². The van der Waals surface area contributed by atoms with Crippen LogP contribution in [-0.2, 0) is 0 Å². The van der Waals surface area contributed by atoms with Crippen molar-refractivity contribution in [1.82, 2.24) is 9.80 Å². The van der Waals surface area contributed by atoms with Crippen LogP contribution >= 0.6 is 11.8 Å². The molecule has 2 aromatic rings. The first kappa shape index (κ1) is 30.3. The number of benzene rings is 2. The van der Waals surface area contributed by atoms with Gasteiger partial charge in [0.25, 0.3) is 0 Å². The van der Waals surface area contributed by atoms with Gasteiger partial charge < -0.3 is 0 Å². The molecule has 1 saturated heterocycles. The molecule has 0 aromatic heterocycles. The molecule has 0 unspecified atom stereocenters. The van der Waals surface area contributed by atoms with E-state index in [0.29, 0.717) is 0 Å².